The SMILES string of the molecule is COc1ccccc1-c1cc(Cl)ncc1C(=O)Nc1nnc(OCc2ccc(Cl)cc2)s1. The topological polar surface area (TPSA) is 86.2 Å². The molecule has 2 heterocycles. The Morgan fingerprint density at radius 3 is 2.62 bits per heavy atom. The Morgan fingerprint density at radius 2 is 1.84 bits per heavy atom. The molecule has 10 heteroatoms. The van der Waals surface area contributed by atoms with Gasteiger partial charge < -0.3 is 9.47 Å². The number of benzene rings is 2. The van der Waals surface area contributed by atoms with Gasteiger partial charge in [0, 0.05) is 22.3 Å². The molecule has 2 aromatic heterocycles. The Bertz CT molecular complexity index is 1250. The molecule has 0 spiro atoms. The van der Waals surface area contributed by atoms with Gasteiger partial charge in [0.25, 0.3) is 11.1 Å². The minimum Gasteiger partial charge on any atom is -0.496 e. The summed E-state index contributed by atoms with van der Waals surface area (Å²) in [7, 11) is 1.56. The number of ether oxygens (including phenoxy) is 2. The van der Waals surface area contributed by atoms with E-state index in [2.05, 4.69) is 20.5 Å². The Balaban J connectivity index is 1.51. The molecule has 7 nitrogen and oxygen atoms in total. The number of amides is 1. The molecule has 0 unspecified atom stereocenters. The van der Waals surface area contributed by atoms with Gasteiger partial charge >= 0.3 is 0 Å². The first-order valence-corrected chi connectivity index (χ1v) is 10.9. The molecule has 0 saturated heterocycles. The van der Waals surface area contributed by atoms with Crippen molar-refractivity contribution in [3.8, 4) is 22.1 Å². The van der Waals surface area contributed by atoms with Crippen LogP contribution >= 0.6 is 34.5 Å². The molecular weight excluding hydrogens is 471 g/mol. The van der Waals surface area contributed by atoms with Gasteiger partial charge in [-0.15, -0.1) is 5.10 Å². The first-order valence-electron chi connectivity index (χ1n) is 9.34. The summed E-state index contributed by atoms with van der Waals surface area (Å²) < 4.78 is 11.1. The number of anilines is 1. The minimum atomic E-state index is -0.407. The van der Waals surface area contributed by atoms with Gasteiger partial charge in [0.15, 0.2) is 0 Å². The van der Waals surface area contributed by atoms with E-state index in [4.69, 9.17) is 32.7 Å². The van der Waals surface area contributed by atoms with Crippen LogP contribution in [0.25, 0.3) is 11.1 Å². The van der Waals surface area contributed by atoms with E-state index in [9.17, 15) is 4.79 Å². The second-order valence-corrected chi connectivity index (χ2v) is 8.26. The van der Waals surface area contributed by atoms with Crippen molar-refractivity contribution in [3.05, 3.63) is 82.1 Å². The molecule has 0 aliphatic carbocycles. The number of aromatic nitrogens is 3. The Morgan fingerprint density at radius 1 is 1.06 bits per heavy atom. The molecule has 4 aromatic rings. The molecule has 0 aliphatic rings. The maximum atomic E-state index is 13.0. The van der Waals surface area contributed by atoms with E-state index >= 15 is 0 Å². The fraction of sp³-hybridized carbons (Fsp3) is 0.0909. The van der Waals surface area contributed by atoms with Crippen molar-refractivity contribution in [2.75, 3.05) is 12.4 Å². The number of rotatable bonds is 7. The first kappa shape index (κ1) is 22.0. The summed E-state index contributed by atoms with van der Waals surface area (Å²) in [6.45, 7) is 0.304. The zero-order valence-corrected chi connectivity index (χ0v) is 19.0. The monoisotopic (exact) mass is 486 g/mol. The molecule has 1 N–H and O–H groups in total. The smallest absolute Gasteiger partial charge is 0.296 e. The third kappa shape index (κ3) is 5.16. The minimum absolute atomic E-state index is 0.260. The van der Waals surface area contributed by atoms with Crippen LogP contribution < -0.4 is 14.8 Å². The first-order chi connectivity index (χ1) is 15.5. The summed E-state index contributed by atoms with van der Waals surface area (Å²) in [4.78, 5) is 17.0. The highest BCUT2D eigenvalue weighted by Crippen LogP contribution is 2.34. The van der Waals surface area contributed by atoms with Crippen molar-refractivity contribution in [1.29, 1.82) is 0 Å². The standard InChI is InChI=1S/C22H16Cl2N4O3S/c1-30-18-5-3-2-4-15(18)16-10-19(24)25-11-17(16)20(29)26-21-27-28-22(32-21)31-12-13-6-8-14(23)9-7-13/h2-11H,12H2,1H3,(H,26,27,29). The second kappa shape index (κ2) is 9.95. The van der Waals surface area contributed by atoms with Gasteiger partial charge in [-0.05, 0) is 41.2 Å². The van der Waals surface area contributed by atoms with Gasteiger partial charge in [0.05, 0.1) is 12.7 Å². The van der Waals surface area contributed by atoms with Gasteiger partial charge in [-0.3, -0.25) is 10.1 Å². The largest absolute Gasteiger partial charge is 0.496 e. The normalized spacial score (nSPS) is 10.6. The highest BCUT2D eigenvalue weighted by Gasteiger charge is 2.19. The lowest BCUT2D eigenvalue weighted by atomic mass is 10.0. The number of halogens is 2. The zero-order valence-electron chi connectivity index (χ0n) is 16.7. The van der Waals surface area contributed by atoms with Crippen LogP contribution in [0.4, 0.5) is 5.13 Å². The van der Waals surface area contributed by atoms with E-state index < -0.39 is 5.91 Å². The van der Waals surface area contributed by atoms with Gasteiger partial charge in [0.2, 0.25) is 5.13 Å². The van der Waals surface area contributed by atoms with E-state index in [0.29, 0.717) is 44.4 Å². The highest BCUT2D eigenvalue weighted by atomic mass is 35.5. The lowest BCUT2D eigenvalue weighted by Crippen LogP contribution is -2.13. The molecule has 32 heavy (non-hydrogen) atoms. The lowest BCUT2D eigenvalue weighted by molar-refractivity contribution is 0.102. The van der Waals surface area contributed by atoms with Crippen molar-refractivity contribution in [1.82, 2.24) is 15.2 Å². The molecule has 4 rings (SSSR count). The van der Waals surface area contributed by atoms with Crippen molar-refractivity contribution < 1.29 is 14.3 Å². The van der Waals surface area contributed by atoms with E-state index in [1.807, 2.05) is 30.3 Å². The maximum Gasteiger partial charge on any atom is 0.296 e. The number of hydrogen-bond donors (Lipinski definition) is 1. The lowest BCUT2D eigenvalue weighted by Gasteiger charge is -2.12. The fourth-order valence-electron chi connectivity index (χ4n) is 2.91. The fourth-order valence-corrected chi connectivity index (χ4v) is 3.78. The van der Waals surface area contributed by atoms with E-state index in [1.54, 1.807) is 31.4 Å². The van der Waals surface area contributed by atoms with Crippen LogP contribution in [0.15, 0.2) is 60.8 Å². The van der Waals surface area contributed by atoms with Crippen molar-refractivity contribution in [2.24, 2.45) is 0 Å². The number of nitrogens with zero attached hydrogens (tertiary/aromatic N) is 3. The van der Waals surface area contributed by atoms with Crippen LogP contribution in [0, 0.1) is 0 Å². The molecule has 0 saturated carbocycles. The average molecular weight is 487 g/mol. The Hall–Kier alpha value is -3.20. The number of hydrogen-bond acceptors (Lipinski definition) is 7. The van der Waals surface area contributed by atoms with Crippen molar-refractivity contribution in [2.45, 2.75) is 6.61 Å². The number of nitrogens with one attached hydrogen (secondary N) is 1. The van der Waals surface area contributed by atoms with Crippen LogP contribution in [0.2, 0.25) is 10.2 Å². The third-order valence-electron chi connectivity index (χ3n) is 4.41. The van der Waals surface area contributed by atoms with Gasteiger partial charge in [0.1, 0.15) is 17.5 Å². The predicted octanol–water partition coefficient (Wildman–Crippen LogP) is 5.75. The van der Waals surface area contributed by atoms with Gasteiger partial charge in [-0.2, -0.15) is 0 Å². The highest BCUT2D eigenvalue weighted by molar-refractivity contribution is 7.17. The van der Waals surface area contributed by atoms with Crippen LogP contribution in [0.5, 0.6) is 10.9 Å². The summed E-state index contributed by atoms with van der Waals surface area (Å²) in [6, 6.07) is 16.2. The Kier molecular flexibility index (Phi) is 6.84. The van der Waals surface area contributed by atoms with E-state index in [1.165, 1.54) is 6.20 Å². The number of methoxy groups -OCH3 is 1. The molecule has 0 bridgehead atoms. The third-order valence-corrected chi connectivity index (χ3v) is 5.62. The van der Waals surface area contributed by atoms with E-state index in [-0.39, 0.29) is 5.15 Å². The van der Waals surface area contributed by atoms with Crippen LogP contribution in [-0.4, -0.2) is 28.2 Å². The second-order valence-electron chi connectivity index (χ2n) is 6.50. The number of pyridine rings is 1. The molecule has 0 atom stereocenters. The molecule has 2 aromatic carbocycles. The number of carbonyl (C=O) groups is 1. The summed E-state index contributed by atoms with van der Waals surface area (Å²) in [6.07, 6.45) is 1.42. The summed E-state index contributed by atoms with van der Waals surface area (Å²) >= 11 is 13.1. The molecule has 0 fully saturated rings. The molecular formula is C22H16Cl2N4O3S. The quantitative estimate of drug-likeness (QED) is 0.334. The van der Waals surface area contributed by atoms with Crippen molar-refractivity contribution in [3.63, 3.8) is 0 Å². The molecule has 162 valence electrons. The zero-order chi connectivity index (χ0) is 22.5. The number of carbonyl (C=O) groups excluding carboxylic acids is 1. The van der Waals surface area contributed by atoms with Crippen LogP contribution in [0.1, 0.15) is 15.9 Å². The Labute approximate surface area is 198 Å². The van der Waals surface area contributed by atoms with Gasteiger partial charge in [-0.1, -0.05) is 58.6 Å². The van der Waals surface area contributed by atoms with Crippen LogP contribution in [0.3, 0.4) is 0 Å². The molecule has 0 radical (unpaired) electrons. The summed E-state index contributed by atoms with van der Waals surface area (Å²) in [5, 5.41) is 12.2. The number of para-hydroxylation sites is 1. The summed E-state index contributed by atoms with van der Waals surface area (Å²) in [5.74, 6) is 0.202. The molecule has 0 aliphatic heterocycles. The molecule has 1 amide bonds. The maximum absolute atomic E-state index is 13.0. The van der Waals surface area contributed by atoms with Crippen LogP contribution in [-0.2, 0) is 6.61 Å². The average Bonchev–Trinajstić information content (AvgIpc) is 3.25. The predicted molar refractivity (Wildman–Crippen MR) is 125 cm³/mol. The summed E-state index contributed by atoms with van der Waals surface area (Å²) in [5.41, 5.74) is 2.55. The van der Waals surface area contributed by atoms with E-state index in [0.717, 1.165) is 16.9 Å². The van der Waals surface area contributed by atoms with Gasteiger partial charge in [-0.25, -0.2) is 4.98 Å². The van der Waals surface area contributed by atoms with Crippen molar-refractivity contribution >= 4 is 45.6 Å².